The second-order valence-electron chi connectivity index (χ2n) is 6.68. The van der Waals surface area contributed by atoms with Gasteiger partial charge in [0.25, 0.3) is 5.91 Å². The van der Waals surface area contributed by atoms with Crippen LogP contribution in [0.15, 0.2) is 33.7 Å². The Hall–Kier alpha value is -2.40. The van der Waals surface area contributed by atoms with Gasteiger partial charge in [-0.2, -0.15) is 13.2 Å². The van der Waals surface area contributed by atoms with E-state index in [9.17, 15) is 18.0 Å². The van der Waals surface area contributed by atoms with Gasteiger partial charge in [0.1, 0.15) is 11.5 Å². The molecule has 1 N–H and O–H groups in total. The van der Waals surface area contributed by atoms with E-state index in [1.807, 2.05) is 22.4 Å². The van der Waals surface area contributed by atoms with Crippen LogP contribution in [0.1, 0.15) is 16.2 Å². The summed E-state index contributed by atoms with van der Waals surface area (Å²) in [5.41, 5.74) is 2.31. The highest BCUT2D eigenvalue weighted by Crippen LogP contribution is 2.32. The van der Waals surface area contributed by atoms with Gasteiger partial charge in [-0.3, -0.25) is 9.69 Å². The highest BCUT2D eigenvalue weighted by molar-refractivity contribution is 7.07. The number of likely N-dealkylation sites (tertiary alicyclic amines) is 2. The van der Waals surface area contributed by atoms with Crippen molar-refractivity contribution in [2.24, 2.45) is 11.8 Å². The van der Waals surface area contributed by atoms with Gasteiger partial charge in [-0.15, -0.1) is 11.3 Å². The van der Waals surface area contributed by atoms with Crippen molar-refractivity contribution in [1.29, 1.82) is 0 Å². The average molecular weight is 417 g/mol. The third kappa shape index (κ3) is 4.90. The fourth-order valence-corrected chi connectivity index (χ4v) is 4.01. The maximum absolute atomic E-state index is 12.3. The summed E-state index contributed by atoms with van der Waals surface area (Å²) in [6.07, 6.45) is -3.36. The molecule has 2 atom stereocenters. The number of nitrogens with zero attached hydrogens (tertiary/aromatic N) is 3. The van der Waals surface area contributed by atoms with E-state index in [1.54, 1.807) is 11.8 Å². The standard InChI is InChI=1S/C15H17N3O2S.C2HF3O2/c19-15(14-9-21-10-16-14)18-6-11-4-17(5-12(11)7-18)8-13-2-1-3-20-13;3-2(4,5)1(6)7/h1-3,9-12H,4-8H2;(H,6,7)/t11-,12+;. The predicted octanol–water partition coefficient (Wildman–Crippen LogP) is 2.57. The number of aliphatic carboxylic acids is 1. The highest BCUT2D eigenvalue weighted by Gasteiger charge is 2.42. The summed E-state index contributed by atoms with van der Waals surface area (Å²) in [4.78, 5) is 29.7. The first-order valence-corrected chi connectivity index (χ1v) is 9.40. The van der Waals surface area contributed by atoms with E-state index < -0.39 is 12.1 Å². The lowest BCUT2D eigenvalue weighted by molar-refractivity contribution is -0.192. The van der Waals surface area contributed by atoms with Crippen LogP contribution < -0.4 is 0 Å². The number of carboxylic acid groups (broad SMARTS) is 1. The van der Waals surface area contributed by atoms with Crippen molar-refractivity contribution in [2.75, 3.05) is 26.2 Å². The van der Waals surface area contributed by atoms with Crippen molar-refractivity contribution in [3.05, 3.63) is 40.7 Å². The highest BCUT2D eigenvalue weighted by atomic mass is 32.1. The lowest BCUT2D eigenvalue weighted by Crippen LogP contribution is -2.33. The molecule has 11 heteroatoms. The largest absolute Gasteiger partial charge is 0.490 e. The summed E-state index contributed by atoms with van der Waals surface area (Å²) in [5.74, 6) is -0.480. The van der Waals surface area contributed by atoms with Crippen molar-refractivity contribution in [2.45, 2.75) is 12.7 Å². The number of rotatable bonds is 3. The maximum atomic E-state index is 12.3. The molecule has 7 nitrogen and oxygen atoms in total. The van der Waals surface area contributed by atoms with Crippen LogP contribution in [-0.4, -0.2) is 64.1 Å². The van der Waals surface area contributed by atoms with Crippen LogP contribution in [-0.2, 0) is 11.3 Å². The van der Waals surface area contributed by atoms with Crippen LogP contribution in [0.2, 0.25) is 0 Å². The number of fused-ring (bicyclic) bond motifs is 1. The molecule has 28 heavy (non-hydrogen) atoms. The van der Waals surface area contributed by atoms with Crippen molar-refractivity contribution in [3.63, 3.8) is 0 Å². The van der Waals surface area contributed by atoms with Crippen molar-refractivity contribution < 1.29 is 32.3 Å². The van der Waals surface area contributed by atoms with Gasteiger partial charge < -0.3 is 14.4 Å². The summed E-state index contributed by atoms with van der Waals surface area (Å²) < 4.78 is 37.1. The zero-order valence-electron chi connectivity index (χ0n) is 14.6. The number of carbonyl (C=O) groups excluding carboxylic acids is 1. The molecular formula is C17H18F3N3O4S. The molecule has 4 heterocycles. The van der Waals surface area contributed by atoms with Crippen LogP contribution in [0, 0.1) is 11.8 Å². The molecule has 0 bridgehead atoms. The predicted molar refractivity (Wildman–Crippen MR) is 92.7 cm³/mol. The van der Waals surface area contributed by atoms with Crippen molar-refractivity contribution in [3.8, 4) is 0 Å². The number of furan rings is 1. The van der Waals surface area contributed by atoms with Gasteiger partial charge in [-0.25, -0.2) is 9.78 Å². The summed E-state index contributed by atoms with van der Waals surface area (Å²) in [6, 6.07) is 3.95. The van der Waals surface area contributed by atoms with Gasteiger partial charge >= 0.3 is 12.1 Å². The summed E-state index contributed by atoms with van der Waals surface area (Å²) in [5, 5.41) is 8.96. The van der Waals surface area contributed by atoms with E-state index in [1.165, 1.54) is 11.3 Å². The Labute approximate surface area is 162 Å². The first-order chi connectivity index (χ1) is 13.2. The smallest absolute Gasteiger partial charge is 0.475 e. The Kier molecular flexibility index (Phi) is 6.04. The summed E-state index contributed by atoms with van der Waals surface area (Å²) in [7, 11) is 0. The summed E-state index contributed by atoms with van der Waals surface area (Å²) >= 11 is 1.47. The molecule has 1 amide bonds. The van der Waals surface area contributed by atoms with E-state index in [0.717, 1.165) is 38.5 Å². The number of aromatic nitrogens is 1. The second kappa shape index (κ2) is 8.31. The Morgan fingerprint density at radius 2 is 1.89 bits per heavy atom. The Morgan fingerprint density at radius 3 is 2.36 bits per heavy atom. The molecule has 152 valence electrons. The Balaban J connectivity index is 0.000000279. The van der Waals surface area contributed by atoms with E-state index in [4.69, 9.17) is 14.3 Å². The second-order valence-corrected chi connectivity index (χ2v) is 7.40. The zero-order valence-corrected chi connectivity index (χ0v) is 15.4. The van der Waals surface area contributed by atoms with Crippen LogP contribution >= 0.6 is 11.3 Å². The number of hydrogen-bond acceptors (Lipinski definition) is 6. The fourth-order valence-electron chi connectivity index (χ4n) is 3.49. The number of amides is 1. The van der Waals surface area contributed by atoms with Crippen LogP contribution in [0.5, 0.6) is 0 Å². The molecule has 0 aliphatic carbocycles. The Morgan fingerprint density at radius 1 is 1.25 bits per heavy atom. The van der Waals surface area contributed by atoms with Crippen molar-refractivity contribution >= 4 is 23.2 Å². The Bertz CT molecular complexity index is 781. The molecule has 0 radical (unpaired) electrons. The summed E-state index contributed by atoms with van der Waals surface area (Å²) in [6.45, 7) is 4.68. The van der Waals surface area contributed by atoms with Gasteiger partial charge in [-0.05, 0) is 24.0 Å². The van der Waals surface area contributed by atoms with Crippen molar-refractivity contribution in [1.82, 2.24) is 14.8 Å². The number of thiazole rings is 1. The number of alkyl halides is 3. The molecule has 0 spiro atoms. The molecule has 2 aromatic heterocycles. The third-order valence-electron chi connectivity index (χ3n) is 4.70. The minimum absolute atomic E-state index is 0.0863. The van der Waals surface area contributed by atoms with E-state index in [2.05, 4.69) is 9.88 Å². The minimum atomic E-state index is -5.08. The maximum Gasteiger partial charge on any atom is 0.490 e. The molecule has 2 fully saturated rings. The average Bonchev–Trinajstić information content (AvgIpc) is 3.39. The molecule has 0 aromatic carbocycles. The first-order valence-electron chi connectivity index (χ1n) is 8.46. The topological polar surface area (TPSA) is 86.9 Å². The molecule has 2 saturated heterocycles. The minimum Gasteiger partial charge on any atom is -0.475 e. The van der Waals surface area contributed by atoms with Gasteiger partial charge in [0.15, 0.2) is 0 Å². The quantitative estimate of drug-likeness (QED) is 0.826. The number of carbonyl (C=O) groups is 2. The van der Waals surface area contributed by atoms with Gasteiger partial charge in [0, 0.05) is 31.6 Å². The third-order valence-corrected chi connectivity index (χ3v) is 5.29. The number of hydrogen-bond donors (Lipinski definition) is 1. The molecule has 4 rings (SSSR count). The van der Waals surface area contributed by atoms with Gasteiger partial charge in [-0.1, -0.05) is 0 Å². The molecule has 2 aromatic rings. The normalized spacial score (nSPS) is 21.9. The molecule has 2 aliphatic rings. The lowest BCUT2D eigenvalue weighted by atomic mass is 10.0. The number of carboxylic acids is 1. The molecular weight excluding hydrogens is 399 g/mol. The van der Waals surface area contributed by atoms with E-state index in [-0.39, 0.29) is 5.91 Å². The lowest BCUT2D eigenvalue weighted by Gasteiger charge is -2.20. The first kappa shape index (κ1) is 20.3. The van der Waals surface area contributed by atoms with E-state index >= 15 is 0 Å². The van der Waals surface area contributed by atoms with Crippen LogP contribution in [0.25, 0.3) is 0 Å². The van der Waals surface area contributed by atoms with Gasteiger partial charge in [0.2, 0.25) is 0 Å². The van der Waals surface area contributed by atoms with E-state index in [0.29, 0.717) is 17.5 Å². The van der Waals surface area contributed by atoms with Crippen LogP contribution in [0.3, 0.4) is 0 Å². The SMILES string of the molecule is O=C(O)C(F)(F)F.O=C(c1cscn1)N1C[C@H]2CN(Cc3ccco3)C[C@H]2C1. The molecule has 2 aliphatic heterocycles. The molecule has 0 unspecified atom stereocenters. The molecule has 0 saturated carbocycles. The van der Waals surface area contributed by atoms with Crippen LogP contribution in [0.4, 0.5) is 13.2 Å². The van der Waals surface area contributed by atoms with Gasteiger partial charge in [0.05, 0.1) is 18.3 Å². The monoisotopic (exact) mass is 417 g/mol. The zero-order chi connectivity index (χ0) is 20.3. The number of halogens is 3. The fraction of sp³-hybridized carbons (Fsp3) is 0.471.